The van der Waals surface area contributed by atoms with Crippen LogP contribution >= 0.6 is 15.9 Å². The predicted molar refractivity (Wildman–Crippen MR) is 97.0 cm³/mol. The van der Waals surface area contributed by atoms with E-state index in [1.165, 1.54) is 6.33 Å². The van der Waals surface area contributed by atoms with Crippen LogP contribution in [0.15, 0.2) is 41.4 Å². The summed E-state index contributed by atoms with van der Waals surface area (Å²) in [5, 5.41) is 15.4. The summed E-state index contributed by atoms with van der Waals surface area (Å²) >= 11 is 3.45. The van der Waals surface area contributed by atoms with Gasteiger partial charge in [-0.05, 0) is 30.5 Å². The number of rotatable bonds is 6. The number of halogens is 1. The Bertz CT molecular complexity index is 655. The van der Waals surface area contributed by atoms with Crippen molar-refractivity contribution in [2.75, 3.05) is 13.2 Å². The third-order valence-electron chi connectivity index (χ3n) is 4.74. The molecule has 1 aliphatic rings. The maximum atomic E-state index is 11.2. The van der Waals surface area contributed by atoms with Crippen LogP contribution in [0.1, 0.15) is 31.9 Å². The molecule has 1 N–H and O–H groups in total. The lowest BCUT2D eigenvalue weighted by atomic mass is 9.79. The first kappa shape index (κ1) is 18.5. The molecule has 0 amide bonds. The zero-order valence-electron chi connectivity index (χ0n) is 14.5. The fourth-order valence-corrected chi connectivity index (χ4v) is 3.39. The van der Waals surface area contributed by atoms with Crippen molar-refractivity contribution >= 4 is 15.9 Å². The van der Waals surface area contributed by atoms with Gasteiger partial charge >= 0.3 is 0 Å². The highest BCUT2D eigenvalue weighted by Crippen LogP contribution is 2.35. The average Bonchev–Trinajstić information content (AvgIpc) is 3.16. The molecule has 0 aliphatic carbocycles. The molecule has 136 valence electrons. The van der Waals surface area contributed by atoms with Gasteiger partial charge in [0.25, 0.3) is 0 Å². The number of aliphatic hydroxyl groups excluding tert-OH is 1. The van der Waals surface area contributed by atoms with Crippen LogP contribution in [0.25, 0.3) is 0 Å². The summed E-state index contributed by atoms with van der Waals surface area (Å²) in [4.78, 5) is 4.05. The SMILES string of the molecule is CCC1OCC(C)(C(O)C(Cc2ccc(Br)cc2)n2cncn2)CO1. The van der Waals surface area contributed by atoms with Gasteiger partial charge in [0, 0.05) is 9.89 Å². The Balaban J connectivity index is 1.80. The molecule has 1 aliphatic heterocycles. The Morgan fingerprint density at radius 2 is 2.00 bits per heavy atom. The molecule has 0 spiro atoms. The van der Waals surface area contributed by atoms with E-state index in [2.05, 4.69) is 26.0 Å². The largest absolute Gasteiger partial charge is 0.390 e. The fourth-order valence-electron chi connectivity index (χ4n) is 3.13. The van der Waals surface area contributed by atoms with Gasteiger partial charge in [-0.25, -0.2) is 9.67 Å². The molecule has 6 nitrogen and oxygen atoms in total. The van der Waals surface area contributed by atoms with Gasteiger partial charge in [-0.1, -0.05) is 41.9 Å². The lowest BCUT2D eigenvalue weighted by Crippen LogP contribution is -2.50. The van der Waals surface area contributed by atoms with E-state index in [1.807, 2.05) is 38.1 Å². The van der Waals surface area contributed by atoms with Crippen LogP contribution in [0.2, 0.25) is 0 Å². The highest BCUT2D eigenvalue weighted by Gasteiger charge is 2.43. The molecule has 7 heteroatoms. The Morgan fingerprint density at radius 3 is 2.56 bits per heavy atom. The first-order chi connectivity index (χ1) is 12.0. The van der Waals surface area contributed by atoms with E-state index in [4.69, 9.17) is 9.47 Å². The van der Waals surface area contributed by atoms with E-state index in [0.717, 1.165) is 16.5 Å². The van der Waals surface area contributed by atoms with Crippen molar-refractivity contribution in [1.82, 2.24) is 14.8 Å². The van der Waals surface area contributed by atoms with Crippen molar-refractivity contribution in [3.63, 3.8) is 0 Å². The van der Waals surface area contributed by atoms with Crippen LogP contribution in [0, 0.1) is 5.41 Å². The van der Waals surface area contributed by atoms with Crippen LogP contribution in [0.5, 0.6) is 0 Å². The number of benzene rings is 1. The van der Waals surface area contributed by atoms with E-state index in [0.29, 0.717) is 19.6 Å². The molecule has 25 heavy (non-hydrogen) atoms. The van der Waals surface area contributed by atoms with Crippen molar-refractivity contribution in [1.29, 1.82) is 0 Å². The number of nitrogens with zero attached hydrogens (tertiary/aromatic N) is 3. The normalized spacial score (nSPS) is 26.3. The molecule has 2 atom stereocenters. The summed E-state index contributed by atoms with van der Waals surface area (Å²) in [7, 11) is 0. The van der Waals surface area contributed by atoms with E-state index in [1.54, 1.807) is 11.0 Å². The van der Waals surface area contributed by atoms with Gasteiger partial charge in [-0.15, -0.1) is 0 Å². The number of hydrogen-bond acceptors (Lipinski definition) is 5. The Kier molecular flexibility index (Phi) is 5.89. The highest BCUT2D eigenvalue weighted by atomic mass is 79.9. The zero-order valence-corrected chi connectivity index (χ0v) is 16.1. The molecule has 0 bridgehead atoms. The topological polar surface area (TPSA) is 69.4 Å². The number of hydrogen-bond donors (Lipinski definition) is 1. The van der Waals surface area contributed by atoms with Crippen LogP contribution in [0.4, 0.5) is 0 Å². The summed E-state index contributed by atoms with van der Waals surface area (Å²) in [6.45, 7) is 4.93. The van der Waals surface area contributed by atoms with Crippen molar-refractivity contribution < 1.29 is 14.6 Å². The maximum absolute atomic E-state index is 11.2. The number of aromatic nitrogens is 3. The van der Waals surface area contributed by atoms with E-state index >= 15 is 0 Å². The molecule has 2 unspecified atom stereocenters. The standard InChI is InChI=1S/C18H24BrN3O3/c1-3-16-24-9-18(2,10-25-16)17(23)15(22-12-20-11-21-22)8-13-4-6-14(19)7-5-13/h4-7,11-12,15-17,23H,3,8-10H2,1-2H3. The van der Waals surface area contributed by atoms with Gasteiger partial charge in [-0.3, -0.25) is 0 Å². The minimum Gasteiger partial charge on any atom is -0.390 e. The second kappa shape index (κ2) is 7.95. The van der Waals surface area contributed by atoms with Gasteiger partial charge in [0.15, 0.2) is 6.29 Å². The molecule has 1 saturated heterocycles. The summed E-state index contributed by atoms with van der Waals surface area (Å²) in [5.74, 6) is 0. The second-order valence-electron chi connectivity index (χ2n) is 6.83. The Morgan fingerprint density at radius 1 is 1.32 bits per heavy atom. The monoisotopic (exact) mass is 409 g/mol. The fraction of sp³-hybridized carbons (Fsp3) is 0.556. The highest BCUT2D eigenvalue weighted by molar-refractivity contribution is 9.10. The molecule has 3 rings (SSSR count). The third kappa shape index (κ3) is 4.28. The summed E-state index contributed by atoms with van der Waals surface area (Å²) in [5.41, 5.74) is 0.618. The van der Waals surface area contributed by atoms with Gasteiger partial charge in [0.05, 0.1) is 25.4 Å². The molecule has 2 aromatic rings. The molecule has 0 radical (unpaired) electrons. The van der Waals surface area contributed by atoms with Gasteiger partial charge < -0.3 is 14.6 Å². The van der Waals surface area contributed by atoms with Crippen LogP contribution < -0.4 is 0 Å². The molecular formula is C18H24BrN3O3. The first-order valence-corrected chi connectivity index (χ1v) is 9.31. The number of aliphatic hydroxyl groups is 1. The third-order valence-corrected chi connectivity index (χ3v) is 5.27. The minimum absolute atomic E-state index is 0.184. The summed E-state index contributed by atoms with van der Waals surface area (Å²) in [6.07, 6.45) is 3.72. The van der Waals surface area contributed by atoms with E-state index < -0.39 is 11.5 Å². The lowest BCUT2D eigenvalue weighted by molar-refractivity contribution is -0.249. The smallest absolute Gasteiger partial charge is 0.157 e. The summed E-state index contributed by atoms with van der Waals surface area (Å²) < 4.78 is 14.3. The number of ether oxygens (including phenoxy) is 2. The second-order valence-corrected chi connectivity index (χ2v) is 7.75. The Labute approximate surface area is 156 Å². The van der Waals surface area contributed by atoms with Crippen LogP contribution in [-0.2, 0) is 15.9 Å². The minimum atomic E-state index is -0.685. The Hall–Kier alpha value is -1.28. The van der Waals surface area contributed by atoms with Gasteiger partial charge in [0.1, 0.15) is 12.7 Å². The zero-order chi connectivity index (χ0) is 17.9. The first-order valence-electron chi connectivity index (χ1n) is 8.51. The molecular weight excluding hydrogens is 386 g/mol. The van der Waals surface area contributed by atoms with Gasteiger partial charge in [-0.2, -0.15) is 5.10 Å². The maximum Gasteiger partial charge on any atom is 0.157 e. The molecule has 1 aromatic heterocycles. The van der Waals surface area contributed by atoms with E-state index in [-0.39, 0.29) is 12.3 Å². The van der Waals surface area contributed by atoms with Gasteiger partial charge in [0.2, 0.25) is 0 Å². The summed E-state index contributed by atoms with van der Waals surface area (Å²) in [6, 6.07) is 7.84. The predicted octanol–water partition coefficient (Wildman–Crippen LogP) is 2.97. The van der Waals surface area contributed by atoms with Crippen LogP contribution in [-0.4, -0.2) is 45.5 Å². The van der Waals surface area contributed by atoms with Crippen LogP contribution in [0.3, 0.4) is 0 Å². The molecule has 1 aromatic carbocycles. The van der Waals surface area contributed by atoms with Crippen molar-refractivity contribution in [2.45, 2.75) is 45.1 Å². The molecule has 0 saturated carbocycles. The van der Waals surface area contributed by atoms with Crippen molar-refractivity contribution in [3.05, 3.63) is 47.0 Å². The average molecular weight is 410 g/mol. The van der Waals surface area contributed by atoms with Crippen molar-refractivity contribution in [2.24, 2.45) is 5.41 Å². The van der Waals surface area contributed by atoms with Crippen molar-refractivity contribution in [3.8, 4) is 0 Å². The lowest BCUT2D eigenvalue weighted by Gasteiger charge is -2.42. The van der Waals surface area contributed by atoms with E-state index in [9.17, 15) is 5.11 Å². The quantitative estimate of drug-likeness (QED) is 0.793. The molecule has 2 heterocycles. The molecule has 1 fully saturated rings.